The van der Waals surface area contributed by atoms with Crippen LogP contribution in [0.25, 0.3) is 0 Å². The number of nitrogens with one attached hydrogen (secondary N) is 2. The number of thioether (sulfide) groups is 1. The van der Waals surface area contributed by atoms with Crippen LogP contribution in [0.15, 0.2) is 9.95 Å². The van der Waals surface area contributed by atoms with E-state index in [0.717, 1.165) is 31.1 Å². The van der Waals surface area contributed by atoms with Crippen LogP contribution in [-0.2, 0) is 0 Å². The Kier molecular flexibility index (Phi) is 3.70. The lowest BCUT2D eigenvalue weighted by molar-refractivity contribution is 0.517. The van der Waals surface area contributed by atoms with Crippen molar-refractivity contribution in [2.45, 2.75) is 43.1 Å². The second-order valence-electron chi connectivity index (χ2n) is 4.34. The number of nitrogens with zero attached hydrogens (tertiary/aromatic N) is 2. The van der Waals surface area contributed by atoms with Crippen molar-refractivity contribution in [1.82, 2.24) is 20.1 Å². The second-order valence-corrected chi connectivity index (χ2v) is 5.61. The monoisotopic (exact) mass is 242 g/mol. The summed E-state index contributed by atoms with van der Waals surface area (Å²) in [6.07, 6.45) is 2.29. The van der Waals surface area contributed by atoms with Gasteiger partial charge < -0.3 is 5.32 Å². The van der Waals surface area contributed by atoms with Gasteiger partial charge in [-0.3, -0.25) is 4.57 Å². The molecule has 1 aliphatic heterocycles. The molecule has 5 nitrogen and oxygen atoms in total. The minimum Gasteiger partial charge on any atom is -0.317 e. The summed E-state index contributed by atoms with van der Waals surface area (Å²) in [6, 6.07) is 0.162. The molecule has 1 aliphatic rings. The second kappa shape index (κ2) is 5.05. The molecule has 0 aliphatic carbocycles. The highest BCUT2D eigenvalue weighted by molar-refractivity contribution is 7.99. The van der Waals surface area contributed by atoms with Gasteiger partial charge in [0.1, 0.15) is 0 Å². The third kappa shape index (κ3) is 2.49. The lowest BCUT2D eigenvalue weighted by Gasteiger charge is -2.21. The summed E-state index contributed by atoms with van der Waals surface area (Å²) in [6.45, 7) is 6.13. The SMILES string of the molecule is CC(C)n1c(SC2CCNCC2)n[nH]c1=O. The first-order chi connectivity index (χ1) is 7.68. The average molecular weight is 242 g/mol. The van der Waals surface area contributed by atoms with Crippen LogP contribution in [0.3, 0.4) is 0 Å². The summed E-state index contributed by atoms with van der Waals surface area (Å²) >= 11 is 1.72. The van der Waals surface area contributed by atoms with Gasteiger partial charge in [0.25, 0.3) is 0 Å². The van der Waals surface area contributed by atoms with Crippen molar-refractivity contribution in [3.05, 3.63) is 10.5 Å². The molecule has 0 aromatic carbocycles. The van der Waals surface area contributed by atoms with E-state index in [1.54, 1.807) is 16.3 Å². The van der Waals surface area contributed by atoms with Crippen LogP contribution in [0.5, 0.6) is 0 Å². The maximum atomic E-state index is 11.5. The molecular weight excluding hydrogens is 224 g/mol. The van der Waals surface area contributed by atoms with Crippen molar-refractivity contribution in [1.29, 1.82) is 0 Å². The Morgan fingerprint density at radius 2 is 2.12 bits per heavy atom. The zero-order valence-corrected chi connectivity index (χ0v) is 10.5. The van der Waals surface area contributed by atoms with Crippen molar-refractivity contribution in [2.24, 2.45) is 0 Å². The van der Waals surface area contributed by atoms with E-state index in [9.17, 15) is 4.79 Å². The Morgan fingerprint density at radius 1 is 1.44 bits per heavy atom. The molecule has 0 atom stereocenters. The molecule has 1 fully saturated rings. The topological polar surface area (TPSA) is 62.7 Å². The normalized spacial score (nSPS) is 18.2. The lowest BCUT2D eigenvalue weighted by Crippen LogP contribution is -2.29. The summed E-state index contributed by atoms with van der Waals surface area (Å²) in [5, 5.41) is 11.4. The molecule has 6 heteroatoms. The van der Waals surface area contributed by atoms with Gasteiger partial charge in [0.2, 0.25) is 0 Å². The molecule has 0 saturated carbocycles. The van der Waals surface area contributed by atoms with Gasteiger partial charge in [-0.15, -0.1) is 5.10 Å². The Labute approximate surface area is 99.0 Å². The van der Waals surface area contributed by atoms with E-state index in [0.29, 0.717) is 5.25 Å². The average Bonchev–Trinajstić information content (AvgIpc) is 2.61. The third-order valence-electron chi connectivity index (χ3n) is 2.75. The zero-order valence-electron chi connectivity index (χ0n) is 9.69. The van der Waals surface area contributed by atoms with Crippen molar-refractivity contribution in [3.8, 4) is 0 Å². The number of rotatable bonds is 3. The molecular formula is C10H18N4OS. The fraction of sp³-hybridized carbons (Fsp3) is 0.800. The van der Waals surface area contributed by atoms with E-state index in [1.807, 2.05) is 13.8 Å². The fourth-order valence-corrected chi connectivity index (χ4v) is 3.17. The van der Waals surface area contributed by atoms with Gasteiger partial charge >= 0.3 is 5.69 Å². The smallest absolute Gasteiger partial charge is 0.317 e. The van der Waals surface area contributed by atoms with E-state index >= 15 is 0 Å². The van der Waals surface area contributed by atoms with Gasteiger partial charge in [0.15, 0.2) is 5.16 Å². The van der Waals surface area contributed by atoms with E-state index in [1.165, 1.54) is 0 Å². The standard InChI is InChI=1S/C10H18N4OS/c1-7(2)14-9(15)12-13-10(14)16-8-3-5-11-6-4-8/h7-8,11H,3-6H2,1-2H3,(H,12,15). The van der Waals surface area contributed by atoms with Gasteiger partial charge in [-0.1, -0.05) is 11.8 Å². The molecule has 2 N–H and O–H groups in total. The van der Waals surface area contributed by atoms with Crippen LogP contribution in [0.1, 0.15) is 32.7 Å². The number of piperidine rings is 1. The Morgan fingerprint density at radius 3 is 2.75 bits per heavy atom. The van der Waals surface area contributed by atoms with Crippen LogP contribution in [0.4, 0.5) is 0 Å². The number of H-pyrrole nitrogens is 1. The van der Waals surface area contributed by atoms with Gasteiger partial charge in [-0.05, 0) is 39.8 Å². The van der Waals surface area contributed by atoms with Crippen molar-refractivity contribution in [2.75, 3.05) is 13.1 Å². The van der Waals surface area contributed by atoms with Crippen LogP contribution < -0.4 is 11.0 Å². The van der Waals surface area contributed by atoms with Crippen molar-refractivity contribution < 1.29 is 0 Å². The Hall–Kier alpha value is -0.750. The number of aromatic nitrogens is 3. The first-order valence-corrected chi connectivity index (χ1v) is 6.60. The maximum Gasteiger partial charge on any atom is 0.344 e. The highest BCUT2D eigenvalue weighted by atomic mass is 32.2. The van der Waals surface area contributed by atoms with Crippen LogP contribution >= 0.6 is 11.8 Å². The van der Waals surface area contributed by atoms with E-state index in [-0.39, 0.29) is 11.7 Å². The molecule has 2 rings (SSSR count). The largest absolute Gasteiger partial charge is 0.344 e. The van der Waals surface area contributed by atoms with Crippen LogP contribution in [-0.4, -0.2) is 33.1 Å². The van der Waals surface area contributed by atoms with Crippen LogP contribution in [0, 0.1) is 0 Å². The Bertz CT molecular complexity index is 392. The van der Waals surface area contributed by atoms with Gasteiger partial charge in [0, 0.05) is 11.3 Å². The van der Waals surface area contributed by atoms with Gasteiger partial charge in [-0.25, -0.2) is 9.89 Å². The molecule has 1 aromatic rings. The predicted molar refractivity (Wildman–Crippen MR) is 65.0 cm³/mol. The molecule has 1 aromatic heterocycles. The summed E-state index contributed by atoms with van der Waals surface area (Å²) in [4.78, 5) is 11.5. The molecule has 0 bridgehead atoms. The molecule has 2 heterocycles. The molecule has 0 unspecified atom stereocenters. The number of hydrogen-bond acceptors (Lipinski definition) is 4. The summed E-state index contributed by atoms with van der Waals surface area (Å²) in [5.41, 5.74) is -0.105. The first-order valence-electron chi connectivity index (χ1n) is 5.72. The van der Waals surface area contributed by atoms with Gasteiger partial charge in [0.05, 0.1) is 0 Å². The minimum atomic E-state index is -0.105. The highest BCUT2D eigenvalue weighted by Gasteiger charge is 2.19. The number of aromatic amines is 1. The Balaban J connectivity index is 2.11. The summed E-state index contributed by atoms with van der Waals surface area (Å²) in [5.74, 6) is 0. The van der Waals surface area contributed by atoms with E-state index in [4.69, 9.17) is 0 Å². The zero-order chi connectivity index (χ0) is 11.5. The third-order valence-corrected chi connectivity index (χ3v) is 4.05. The van der Waals surface area contributed by atoms with Crippen molar-refractivity contribution in [3.63, 3.8) is 0 Å². The summed E-state index contributed by atoms with van der Waals surface area (Å²) < 4.78 is 1.73. The molecule has 0 spiro atoms. The fourth-order valence-electron chi connectivity index (χ4n) is 1.89. The first kappa shape index (κ1) is 11.7. The molecule has 0 amide bonds. The quantitative estimate of drug-likeness (QED) is 0.830. The highest BCUT2D eigenvalue weighted by Crippen LogP contribution is 2.27. The molecule has 1 saturated heterocycles. The van der Waals surface area contributed by atoms with E-state index in [2.05, 4.69) is 15.5 Å². The van der Waals surface area contributed by atoms with Gasteiger partial charge in [-0.2, -0.15) is 0 Å². The molecule has 16 heavy (non-hydrogen) atoms. The van der Waals surface area contributed by atoms with Crippen LogP contribution in [0.2, 0.25) is 0 Å². The van der Waals surface area contributed by atoms with Crippen molar-refractivity contribution >= 4 is 11.8 Å². The summed E-state index contributed by atoms with van der Waals surface area (Å²) in [7, 11) is 0. The van der Waals surface area contributed by atoms with E-state index < -0.39 is 0 Å². The number of hydrogen-bond donors (Lipinski definition) is 2. The predicted octanol–water partition coefficient (Wildman–Crippen LogP) is 0.996. The lowest BCUT2D eigenvalue weighted by atomic mass is 10.2. The minimum absolute atomic E-state index is 0.105. The maximum absolute atomic E-state index is 11.5. The molecule has 0 radical (unpaired) electrons. The molecule has 90 valence electrons.